The van der Waals surface area contributed by atoms with Crippen molar-refractivity contribution >= 4 is 40.6 Å². The highest BCUT2D eigenvalue weighted by atomic mass is 16.7. The molecular weight excluding hydrogens is 736 g/mol. The molecule has 0 aliphatic rings. The van der Waals surface area contributed by atoms with Crippen molar-refractivity contribution < 1.29 is 61.9 Å². The lowest BCUT2D eigenvalue weighted by Crippen LogP contribution is -2.29. The highest BCUT2D eigenvalue weighted by molar-refractivity contribution is 5.94. The average Bonchev–Trinajstić information content (AvgIpc) is 3.20. The molecule has 0 radical (unpaired) electrons. The van der Waals surface area contributed by atoms with Crippen molar-refractivity contribution in [1.82, 2.24) is 0 Å². The topological polar surface area (TPSA) is 159 Å². The molecule has 1 atom stereocenters. The molecule has 0 saturated carbocycles. The Labute approximate surface area is 330 Å². The molecule has 0 spiro atoms. The molecular formula is C44H44O13. The second-order valence-electron chi connectivity index (χ2n) is 12.5. The van der Waals surface area contributed by atoms with Crippen LogP contribution < -0.4 is 18.9 Å². The van der Waals surface area contributed by atoms with Gasteiger partial charge in [0, 0.05) is 24.8 Å². The average molecular weight is 781 g/mol. The standard InChI is InChI=1S/C44H44O13/c1-7-40(45)51-19-11-10-18-50-25-36(55-42(47)9-3)26-52-37-16-13-33(20-28(37)4)44(49)57-39-24-31-12-15-35(23-34(31)22-30(39)6)56-43(48)32-14-17-38(29(5)21-32)53-27-54-41(46)8-2/h7-9,12-17,20-24,36H,1-3,10-11,18-19,25-27H2,4-6H3. The van der Waals surface area contributed by atoms with Crippen LogP contribution in [0.25, 0.3) is 10.8 Å². The summed E-state index contributed by atoms with van der Waals surface area (Å²) in [6.07, 6.45) is 3.67. The van der Waals surface area contributed by atoms with Crippen LogP contribution in [0.5, 0.6) is 23.0 Å². The third-order valence-electron chi connectivity index (χ3n) is 8.19. The number of hydrogen-bond donors (Lipinski definition) is 0. The number of carbonyl (C=O) groups excluding carboxylic acids is 5. The van der Waals surface area contributed by atoms with Crippen LogP contribution >= 0.6 is 0 Å². The summed E-state index contributed by atoms with van der Waals surface area (Å²) in [5, 5.41) is 1.51. The first-order valence-corrected chi connectivity index (χ1v) is 17.9. The van der Waals surface area contributed by atoms with E-state index in [1.807, 2.05) is 6.07 Å². The Kier molecular flexibility index (Phi) is 16.1. The second kappa shape index (κ2) is 21.4. The molecule has 0 bridgehead atoms. The molecule has 4 aromatic carbocycles. The van der Waals surface area contributed by atoms with Gasteiger partial charge in [-0.05, 0) is 122 Å². The predicted octanol–water partition coefficient (Wildman–Crippen LogP) is 7.27. The van der Waals surface area contributed by atoms with Gasteiger partial charge in [0.2, 0.25) is 6.79 Å². The van der Waals surface area contributed by atoms with Gasteiger partial charge in [0.25, 0.3) is 0 Å². The van der Waals surface area contributed by atoms with E-state index in [9.17, 15) is 24.0 Å². The van der Waals surface area contributed by atoms with E-state index in [1.165, 1.54) is 0 Å². The zero-order valence-corrected chi connectivity index (χ0v) is 32.0. The van der Waals surface area contributed by atoms with Crippen molar-refractivity contribution in [2.75, 3.05) is 33.2 Å². The third kappa shape index (κ3) is 13.2. The number of ether oxygens (including phenoxy) is 8. The Morgan fingerprint density at radius 3 is 1.82 bits per heavy atom. The summed E-state index contributed by atoms with van der Waals surface area (Å²) >= 11 is 0. The Morgan fingerprint density at radius 1 is 0.579 bits per heavy atom. The quantitative estimate of drug-likeness (QED) is 0.0208. The van der Waals surface area contributed by atoms with Gasteiger partial charge in [-0.25, -0.2) is 24.0 Å². The van der Waals surface area contributed by atoms with Crippen molar-refractivity contribution in [2.45, 2.75) is 39.7 Å². The van der Waals surface area contributed by atoms with Crippen LogP contribution in [0.15, 0.2) is 105 Å². The van der Waals surface area contributed by atoms with Crippen LogP contribution in [0.1, 0.15) is 50.2 Å². The molecule has 13 heteroatoms. The van der Waals surface area contributed by atoms with Crippen molar-refractivity contribution in [3.63, 3.8) is 0 Å². The fourth-order valence-corrected chi connectivity index (χ4v) is 5.22. The number of unbranched alkanes of at least 4 members (excludes halogenated alkanes) is 1. The lowest BCUT2D eigenvalue weighted by Gasteiger charge is -2.19. The molecule has 0 N–H and O–H groups in total. The summed E-state index contributed by atoms with van der Waals surface area (Å²) in [6.45, 7) is 15.8. The van der Waals surface area contributed by atoms with Gasteiger partial charge < -0.3 is 37.9 Å². The molecule has 0 aliphatic heterocycles. The Bertz CT molecular complexity index is 2130. The fraction of sp³-hybridized carbons (Fsp3) is 0.250. The van der Waals surface area contributed by atoms with Gasteiger partial charge in [-0.1, -0.05) is 25.8 Å². The van der Waals surface area contributed by atoms with E-state index in [0.29, 0.717) is 70.3 Å². The summed E-state index contributed by atoms with van der Waals surface area (Å²) in [7, 11) is 0. The number of rotatable bonds is 21. The first-order valence-electron chi connectivity index (χ1n) is 17.9. The minimum atomic E-state index is -0.733. The molecule has 0 fully saturated rings. The van der Waals surface area contributed by atoms with Crippen molar-refractivity contribution in [3.05, 3.63) is 133 Å². The molecule has 1 unspecified atom stereocenters. The number of fused-ring (bicyclic) bond motifs is 1. The van der Waals surface area contributed by atoms with E-state index < -0.39 is 36.0 Å². The normalized spacial score (nSPS) is 11.1. The molecule has 0 heterocycles. The zero-order valence-electron chi connectivity index (χ0n) is 32.0. The van der Waals surface area contributed by atoms with Gasteiger partial charge >= 0.3 is 29.8 Å². The molecule has 57 heavy (non-hydrogen) atoms. The van der Waals surface area contributed by atoms with Gasteiger partial charge in [-0.3, -0.25) is 0 Å². The number of carbonyl (C=O) groups is 5. The fourth-order valence-electron chi connectivity index (χ4n) is 5.22. The Morgan fingerprint density at radius 2 is 1.18 bits per heavy atom. The number of benzene rings is 4. The summed E-state index contributed by atoms with van der Waals surface area (Å²) < 4.78 is 43.6. The number of hydrogen-bond acceptors (Lipinski definition) is 13. The van der Waals surface area contributed by atoms with Gasteiger partial charge in [-0.2, -0.15) is 0 Å². The van der Waals surface area contributed by atoms with Gasteiger partial charge in [0.05, 0.1) is 24.3 Å². The van der Waals surface area contributed by atoms with Crippen LogP contribution in [-0.4, -0.2) is 69.2 Å². The molecule has 0 aromatic heterocycles. The monoisotopic (exact) mass is 780 g/mol. The van der Waals surface area contributed by atoms with E-state index in [4.69, 9.17) is 37.9 Å². The minimum Gasteiger partial charge on any atom is -0.489 e. The lowest BCUT2D eigenvalue weighted by atomic mass is 10.1. The van der Waals surface area contributed by atoms with Gasteiger partial charge in [0.1, 0.15) is 29.6 Å². The predicted molar refractivity (Wildman–Crippen MR) is 210 cm³/mol. The summed E-state index contributed by atoms with van der Waals surface area (Å²) in [4.78, 5) is 60.4. The molecule has 13 nitrogen and oxygen atoms in total. The summed E-state index contributed by atoms with van der Waals surface area (Å²) in [5.41, 5.74) is 2.57. The van der Waals surface area contributed by atoms with E-state index in [1.54, 1.807) is 81.4 Å². The van der Waals surface area contributed by atoms with Crippen LogP contribution in [0, 0.1) is 20.8 Å². The molecule has 4 aromatic rings. The van der Waals surface area contributed by atoms with E-state index in [-0.39, 0.29) is 26.6 Å². The molecule has 0 saturated heterocycles. The first-order chi connectivity index (χ1) is 27.4. The van der Waals surface area contributed by atoms with Crippen molar-refractivity contribution in [2.24, 2.45) is 0 Å². The van der Waals surface area contributed by atoms with Gasteiger partial charge in [0.15, 0.2) is 6.10 Å². The highest BCUT2D eigenvalue weighted by Gasteiger charge is 2.18. The summed E-state index contributed by atoms with van der Waals surface area (Å²) in [6, 6.07) is 18.3. The Hall–Kier alpha value is -6.73. The second-order valence-corrected chi connectivity index (χ2v) is 12.5. The zero-order chi connectivity index (χ0) is 41.3. The van der Waals surface area contributed by atoms with E-state index in [2.05, 4.69) is 19.7 Å². The highest BCUT2D eigenvalue weighted by Crippen LogP contribution is 2.30. The van der Waals surface area contributed by atoms with Crippen LogP contribution in [0.2, 0.25) is 0 Å². The molecule has 4 rings (SSSR count). The van der Waals surface area contributed by atoms with E-state index in [0.717, 1.165) is 29.0 Å². The van der Waals surface area contributed by atoms with E-state index >= 15 is 0 Å². The van der Waals surface area contributed by atoms with Crippen molar-refractivity contribution in [3.8, 4) is 23.0 Å². The first kappa shape index (κ1) is 43.0. The minimum absolute atomic E-state index is 0.0153. The maximum absolute atomic E-state index is 13.2. The SMILES string of the molecule is C=CC(=O)OCCCCOCC(COc1ccc(C(=O)Oc2cc3ccc(OC(=O)c4ccc(OCOC(=O)C=C)c(C)c4)cc3cc2C)cc1C)OC(=O)C=C. The molecule has 298 valence electrons. The smallest absolute Gasteiger partial charge is 0.343 e. The van der Waals surface area contributed by atoms with Crippen LogP contribution in [-0.2, 0) is 33.3 Å². The largest absolute Gasteiger partial charge is 0.489 e. The van der Waals surface area contributed by atoms with Crippen molar-refractivity contribution in [1.29, 1.82) is 0 Å². The van der Waals surface area contributed by atoms with Crippen LogP contribution in [0.3, 0.4) is 0 Å². The number of esters is 5. The maximum Gasteiger partial charge on any atom is 0.343 e. The third-order valence-corrected chi connectivity index (χ3v) is 8.19. The van der Waals surface area contributed by atoms with Gasteiger partial charge in [-0.15, -0.1) is 0 Å². The molecule has 0 aliphatic carbocycles. The maximum atomic E-state index is 13.2. The van der Waals surface area contributed by atoms with Crippen LogP contribution in [0.4, 0.5) is 0 Å². The summed E-state index contributed by atoms with van der Waals surface area (Å²) in [5.74, 6) is -1.28. The number of aryl methyl sites for hydroxylation is 3. The molecule has 0 amide bonds. The Balaban J connectivity index is 1.32. The lowest BCUT2D eigenvalue weighted by molar-refractivity contribution is -0.148.